The van der Waals surface area contributed by atoms with Gasteiger partial charge in [-0.1, -0.05) is 26.0 Å². The Morgan fingerprint density at radius 2 is 1.88 bits per heavy atom. The van der Waals surface area contributed by atoms with Crippen molar-refractivity contribution in [2.75, 3.05) is 33.0 Å². The van der Waals surface area contributed by atoms with E-state index >= 15 is 0 Å². The smallest absolute Gasteiger partial charge is 0.221 e. The summed E-state index contributed by atoms with van der Waals surface area (Å²) in [5.41, 5.74) is 1.11. The fourth-order valence-corrected chi connectivity index (χ4v) is 3.24. The fraction of sp³-hybridized carbons (Fsp3) is 0.588. The van der Waals surface area contributed by atoms with Crippen LogP contribution in [0, 0.1) is 5.92 Å². The molecule has 0 heterocycles. The molecule has 6 nitrogen and oxygen atoms in total. The lowest BCUT2D eigenvalue weighted by Crippen LogP contribution is -2.37. The predicted octanol–water partition coefficient (Wildman–Crippen LogP) is 1.66. The number of sulfonamides is 1. The van der Waals surface area contributed by atoms with Gasteiger partial charge in [0.25, 0.3) is 0 Å². The molecule has 24 heavy (non-hydrogen) atoms. The van der Waals surface area contributed by atoms with Crippen molar-refractivity contribution in [3.05, 3.63) is 29.8 Å². The van der Waals surface area contributed by atoms with Crippen molar-refractivity contribution in [3.8, 4) is 5.75 Å². The first-order chi connectivity index (χ1) is 11.2. The summed E-state index contributed by atoms with van der Waals surface area (Å²) >= 11 is 0. The number of nitrogens with one attached hydrogen (secondary N) is 1. The molecule has 0 saturated heterocycles. The highest BCUT2D eigenvalue weighted by molar-refractivity contribution is 7.88. The van der Waals surface area contributed by atoms with Gasteiger partial charge < -0.3 is 10.1 Å². The molecule has 0 atom stereocenters. The number of amides is 1. The van der Waals surface area contributed by atoms with E-state index in [1.165, 1.54) is 10.6 Å². The van der Waals surface area contributed by atoms with Crippen LogP contribution in [0.1, 0.15) is 25.8 Å². The van der Waals surface area contributed by atoms with E-state index in [9.17, 15) is 13.2 Å². The van der Waals surface area contributed by atoms with Gasteiger partial charge in [-0.25, -0.2) is 12.7 Å². The largest absolute Gasteiger partial charge is 0.497 e. The summed E-state index contributed by atoms with van der Waals surface area (Å²) in [4.78, 5) is 11.9. The Labute approximate surface area is 145 Å². The number of carbonyl (C=O) groups excluding carboxylic acids is 1. The normalized spacial score (nSPS) is 11.8. The molecule has 0 unspecified atom stereocenters. The zero-order chi connectivity index (χ0) is 18.2. The topological polar surface area (TPSA) is 75.7 Å². The molecule has 0 aliphatic carbocycles. The molecule has 1 aromatic rings. The molecular weight excluding hydrogens is 328 g/mol. The summed E-state index contributed by atoms with van der Waals surface area (Å²) in [6.45, 7) is 5.07. The van der Waals surface area contributed by atoms with Crippen molar-refractivity contribution in [1.82, 2.24) is 9.62 Å². The third-order valence-corrected chi connectivity index (χ3v) is 4.79. The molecule has 1 aromatic carbocycles. The molecule has 136 valence electrons. The average molecular weight is 356 g/mol. The Balaban J connectivity index is 2.36. The monoisotopic (exact) mass is 356 g/mol. The van der Waals surface area contributed by atoms with Crippen molar-refractivity contribution in [3.63, 3.8) is 0 Å². The van der Waals surface area contributed by atoms with Gasteiger partial charge in [0.15, 0.2) is 0 Å². The summed E-state index contributed by atoms with van der Waals surface area (Å²) in [5.74, 6) is 0.882. The Morgan fingerprint density at radius 1 is 1.25 bits per heavy atom. The number of ether oxygens (including phenoxy) is 1. The third kappa shape index (κ3) is 7.79. The van der Waals surface area contributed by atoms with Crippen LogP contribution in [-0.2, 0) is 21.2 Å². The molecule has 1 N–H and O–H groups in total. The SMILES string of the molecule is COc1ccc(CCNC(=O)CCN(CC(C)C)S(C)(=O)=O)cc1. The molecule has 0 aliphatic heterocycles. The Hall–Kier alpha value is -1.60. The molecule has 0 radical (unpaired) electrons. The van der Waals surface area contributed by atoms with Crippen LogP contribution in [0.3, 0.4) is 0 Å². The van der Waals surface area contributed by atoms with E-state index < -0.39 is 10.0 Å². The summed E-state index contributed by atoms with van der Waals surface area (Å²) in [7, 11) is -1.66. The number of hydrogen-bond donors (Lipinski definition) is 1. The maximum atomic E-state index is 11.9. The maximum Gasteiger partial charge on any atom is 0.221 e. The van der Waals surface area contributed by atoms with Gasteiger partial charge in [-0.3, -0.25) is 4.79 Å². The van der Waals surface area contributed by atoms with E-state index in [0.717, 1.165) is 17.7 Å². The first-order valence-corrected chi connectivity index (χ1v) is 9.92. The van der Waals surface area contributed by atoms with Gasteiger partial charge in [0.1, 0.15) is 5.75 Å². The van der Waals surface area contributed by atoms with E-state index in [-0.39, 0.29) is 24.8 Å². The Kier molecular flexibility index (Phi) is 8.21. The zero-order valence-corrected chi connectivity index (χ0v) is 15.7. The molecule has 1 amide bonds. The standard InChI is InChI=1S/C17H28N2O4S/c1-14(2)13-19(24(4,21)22)12-10-17(20)18-11-9-15-5-7-16(23-3)8-6-15/h5-8,14H,9-13H2,1-4H3,(H,18,20). The van der Waals surface area contributed by atoms with E-state index in [2.05, 4.69) is 5.32 Å². The fourth-order valence-electron chi connectivity index (χ4n) is 2.25. The lowest BCUT2D eigenvalue weighted by molar-refractivity contribution is -0.121. The van der Waals surface area contributed by atoms with Gasteiger partial charge in [0.2, 0.25) is 15.9 Å². The van der Waals surface area contributed by atoms with Crippen molar-refractivity contribution in [1.29, 1.82) is 0 Å². The van der Waals surface area contributed by atoms with Crippen LogP contribution < -0.4 is 10.1 Å². The van der Waals surface area contributed by atoms with Gasteiger partial charge >= 0.3 is 0 Å². The molecule has 1 rings (SSSR count). The highest BCUT2D eigenvalue weighted by atomic mass is 32.2. The van der Waals surface area contributed by atoms with Crippen LogP contribution in [0.2, 0.25) is 0 Å². The first-order valence-electron chi connectivity index (χ1n) is 8.07. The molecule has 0 saturated carbocycles. The molecular formula is C17H28N2O4S. The number of benzene rings is 1. The van der Waals surface area contributed by atoms with Crippen LogP contribution in [0.25, 0.3) is 0 Å². The Morgan fingerprint density at radius 3 is 2.38 bits per heavy atom. The second-order valence-corrected chi connectivity index (χ2v) is 8.20. The molecule has 0 aliphatic rings. The highest BCUT2D eigenvalue weighted by Crippen LogP contribution is 2.11. The van der Waals surface area contributed by atoms with E-state index in [4.69, 9.17) is 4.74 Å². The van der Waals surface area contributed by atoms with Crippen LogP contribution in [0.4, 0.5) is 0 Å². The summed E-state index contributed by atoms with van der Waals surface area (Å²) in [5, 5.41) is 2.83. The van der Waals surface area contributed by atoms with Crippen LogP contribution in [0.5, 0.6) is 5.75 Å². The van der Waals surface area contributed by atoms with Crippen LogP contribution >= 0.6 is 0 Å². The predicted molar refractivity (Wildman–Crippen MR) is 95.6 cm³/mol. The van der Waals surface area contributed by atoms with Gasteiger partial charge in [-0.15, -0.1) is 0 Å². The van der Waals surface area contributed by atoms with Crippen LogP contribution in [0.15, 0.2) is 24.3 Å². The summed E-state index contributed by atoms with van der Waals surface area (Å²) < 4.78 is 29.9. The van der Waals surface area contributed by atoms with Gasteiger partial charge in [0, 0.05) is 26.1 Å². The zero-order valence-electron chi connectivity index (χ0n) is 14.9. The number of methoxy groups -OCH3 is 1. The first kappa shape index (κ1) is 20.4. The van der Waals surface area contributed by atoms with Gasteiger partial charge in [0.05, 0.1) is 13.4 Å². The second-order valence-electron chi connectivity index (χ2n) is 6.21. The number of carbonyl (C=O) groups is 1. The lowest BCUT2D eigenvalue weighted by atomic mass is 10.1. The number of nitrogens with zero attached hydrogens (tertiary/aromatic N) is 1. The summed E-state index contributed by atoms with van der Waals surface area (Å²) in [6, 6.07) is 7.68. The number of rotatable bonds is 10. The van der Waals surface area contributed by atoms with E-state index in [1.807, 2.05) is 38.1 Å². The highest BCUT2D eigenvalue weighted by Gasteiger charge is 2.18. The molecule has 0 fully saturated rings. The minimum atomic E-state index is -3.28. The minimum Gasteiger partial charge on any atom is -0.497 e. The van der Waals surface area contributed by atoms with E-state index in [0.29, 0.717) is 13.1 Å². The third-order valence-electron chi connectivity index (χ3n) is 3.52. The van der Waals surface area contributed by atoms with Crippen molar-refractivity contribution >= 4 is 15.9 Å². The van der Waals surface area contributed by atoms with Crippen LogP contribution in [-0.4, -0.2) is 51.6 Å². The lowest BCUT2D eigenvalue weighted by Gasteiger charge is -2.21. The van der Waals surface area contributed by atoms with Crippen molar-refractivity contribution < 1.29 is 17.9 Å². The van der Waals surface area contributed by atoms with Crippen molar-refractivity contribution in [2.45, 2.75) is 26.7 Å². The second kappa shape index (κ2) is 9.64. The summed E-state index contributed by atoms with van der Waals surface area (Å²) in [6.07, 6.45) is 2.07. The molecule has 0 spiro atoms. The van der Waals surface area contributed by atoms with Gasteiger partial charge in [-0.2, -0.15) is 0 Å². The average Bonchev–Trinajstić information content (AvgIpc) is 2.50. The molecule has 0 bridgehead atoms. The Bertz CT molecular complexity index is 612. The quantitative estimate of drug-likeness (QED) is 0.692. The van der Waals surface area contributed by atoms with E-state index in [1.54, 1.807) is 7.11 Å². The molecule has 0 aromatic heterocycles. The number of hydrogen-bond acceptors (Lipinski definition) is 4. The maximum absolute atomic E-state index is 11.9. The van der Waals surface area contributed by atoms with Crippen molar-refractivity contribution in [2.24, 2.45) is 5.92 Å². The van der Waals surface area contributed by atoms with Gasteiger partial charge in [-0.05, 0) is 30.0 Å². The minimum absolute atomic E-state index is 0.138. The molecule has 7 heteroatoms.